The zero-order valence-corrected chi connectivity index (χ0v) is 30.1. The van der Waals surface area contributed by atoms with Crippen molar-refractivity contribution in [1.29, 1.82) is 0 Å². The minimum atomic E-state index is -4.65. The Morgan fingerprint density at radius 3 is 2.47 bits per heavy atom. The number of likely N-dealkylation sites (tertiary alicyclic amines) is 2. The fourth-order valence-corrected chi connectivity index (χ4v) is 7.93. The lowest BCUT2D eigenvalue weighted by atomic mass is 9.77. The van der Waals surface area contributed by atoms with Crippen molar-refractivity contribution >= 4 is 29.1 Å². The average molecular weight is 767 g/mol. The second kappa shape index (κ2) is 16.8. The molecule has 16 heteroatoms. The van der Waals surface area contributed by atoms with E-state index in [1.807, 2.05) is 19.1 Å². The van der Waals surface area contributed by atoms with Crippen LogP contribution in [0, 0.1) is 0 Å². The number of piperidine rings is 2. The maximum absolute atomic E-state index is 14.9. The molecular formula is C37H43F5N4O6S. The van der Waals surface area contributed by atoms with Gasteiger partial charge in [0.2, 0.25) is 5.60 Å². The van der Waals surface area contributed by atoms with Gasteiger partial charge in [0, 0.05) is 66.8 Å². The summed E-state index contributed by atoms with van der Waals surface area (Å²) in [5.41, 5.74) is 3.90. The number of nitrogens with zero attached hydrogens (tertiary/aromatic N) is 3. The highest BCUT2D eigenvalue weighted by molar-refractivity contribution is 7.10. The molecule has 2 aliphatic rings. The molecule has 0 radical (unpaired) electrons. The summed E-state index contributed by atoms with van der Waals surface area (Å²) in [5, 5.41) is 10.1. The Morgan fingerprint density at radius 2 is 1.81 bits per heavy atom. The Hall–Kier alpha value is -4.31. The van der Waals surface area contributed by atoms with Gasteiger partial charge in [-0.2, -0.15) is 13.2 Å². The number of carboxylic acid groups (broad SMARTS) is 1. The van der Waals surface area contributed by atoms with Crippen molar-refractivity contribution in [2.45, 2.75) is 94.5 Å². The van der Waals surface area contributed by atoms with Crippen LogP contribution in [0.3, 0.4) is 0 Å². The summed E-state index contributed by atoms with van der Waals surface area (Å²) >= 11 is 0.420. The molecule has 2 aliphatic heterocycles. The molecule has 1 aromatic carbocycles. The van der Waals surface area contributed by atoms with Gasteiger partial charge in [0.05, 0.1) is 12.6 Å². The molecule has 0 spiro atoms. The molecule has 3 aromatic rings. The maximum Gasteiger partial charge on any atom is 0.425 e. The highest BCUT2D eigenvalue weighted by atomic mass is 32.1. The van der Waals surface area contributed by atoms with Crippen LogP contribution in [0.15, 0.2) is 54.0 Å². The van der Waals surface area contributed by atoms with Crippen LogP contribution in [0.25, 0.3) is 0 Å². The standard InChI is InChI=1S/C37H43F5N4O6S/c1-2-9-28-36(52-24-22-29(53-23-24)37(40,41)42,14-8-18-46(28)33(49)31-25(32(38)39)10-7-17-44-31)34(50)45-19-15-35(43,16-20-45)26-11-3-4-12-27(26)51-21-6-5-13-30(47)48/h3-4,7,10-12,17,22-23,28,32H,2,5-6,8-9,13-16,18-21,43H2,1H3,(H,47,48). The number of carbonyl (C=O) groups excluding carboxylic acids is 2. The van der Waals surface area contributed by atoms with Gasteiger partial charge in [0.1, 0.15) is 22.1 Å². The molecule has 4 heterocycles. The average Bonchev–Trinajstić information content (AvgIpc) is 3.61. The third-order valence-electron chi connectivity index (χ3n) is 9.89. The van der Waals surface area contributed by atoms with Crippen LogP contribution in [0.1, 0.15) is 97.6 Å². The minimum Gasteiger partial charge on any atom is -0.493 e. The van der Waals surface area contributed by atoms with Gasteiger partial charge >= 0.3 is 12.1 Å². The van der Waals surface area contributed by atoms with E-state index in [4.69, 9.17) is 20.3 Å². The van der Waals surface area contributed by atoms with Gasteiger partial charge < -0.3 is 30.1 Å². The summed E-state index contributed by atoms with van der Waals surface area (Å²) in [6, 6.07) is 9.45. The second-order valence-corrected chi connectivity index (χ2v) is 14.3. The van der Waals surface area contributed by atoms with Crippen LogP contribution in [0.2, 0.25) is 0 Å². The van der Waals surface area contributed by atoms with Gasteiger partial charge in [-0.3, -0.25) is 19.4 Å². The number of para-hydroxylation sites is 1. The van der Waals surface area contributed by atoms with Crippen molar-refractivity contribution in [1.82, 2.24) is 14.8 Å². The van der Waals surface area contributed by atoms with E-state index in [-0.39, 0.29) is 70.5 Å². The lowest BCUT2D eigenvalue weighted by molar-refractivity contribution is -0.160. The number of aromatic nitrogens is 1. The van der Waals surface area contributed by atoms with Crippen molar-refractivity contribution in [2.75, 3.05) is 26.2 Å². The highest BCUT2D eigenvalue weighted by Crippen LogP contribution is 2.44. The van der Waals surface area contributed by atoms with Gasteiger partial charge in [-0.05, 0) is 56.7 Å². The predicted molar refractivity (Wildman–Crippen MR) is 186 cm³/mol. The quantitative estimate of drug-likeness (QED) is 0.128. The Labute approximate surface area is 308 Å². The lowest BCUT2D eigenvalue weighted by Gasteiger charge is -2.51. The van der Waals surface area contributed by atoms with Crippen LogP contribution >= 0.6 is 11.3 Å². The fourth-order valence-electron chi connectivity index (χ4n) is 7.25. The number of carboxylic acids is 1. The van der Waals surface area contributed by atoms with Crippen molar-refractivity contribution in [3.63, 3.8) is 0 Å². The van der Waals surface area contributed by atoms with E-state index in [1.54, 1.807) is 17.0 Å². The van der Waals surface area contributed by atoms with Gasteiger partial charge in [-0.15, -0.1) is 11.3 Å². The summed E-state index contributed by atoms with van der Waals surface area (Å²) < 4.78 is 81.4. The SMILES string of the molecule is CCCC1N(C(=O)c2ncccc2C(F)F)CCCC1(Oc1csc(C(F)(F)F)c1)C(=O)N1CCC(N)(c2ccccc2OCCCCC(=O)O)CC1. The van der Waals surface area contributed by atoms with Crippen LogP contribution in [-0.4, -0.2) is 75.6 Å². The fraction of sp³-hybridized carbons (Fsp3) is 0.514. The molecular weight excluding hydrogens is 723 g/mol. The number of pyridine rings is 1. The zero-order valence-electron chi connectivity index (χ0n) is 29.2. The number of thiophene rings is 1. The molecule has 2 atom stereocenters. The summed E-state index contributed by atoms with van der Waals surface area (Å²) in [6.07, 6.45) is -3.94. The van der Waals surface area contributed by atoms with E-state index in [2.05, 4.69) is 4.98 Å². The lowest BCUT2D eigenvalue weighted by Crippen LogP contribution is -2.69. The van der Waals surface area contributed by atoms with Gasteiger partial charge in [-0.1, -0.05) is 31.5 Å². The van der Waals surface area contributed by atoms with E-state index in [0.29, 0.717) is 36.3 Å². The Morgan fingerprint density at radius 1 is 1.08 bits per heavy atom. The molecule has 2 aromatic heterocycles. The molecule has 3 N–H and O–H groups in total. The molecule has 288 valence electrons. The molecule has 0 bridgehead atoms. The van der Waals surface area contributed by atoms with E-state index < -0.39 is 63.7 Å². The number of carbonyl (C=O) groups is 3. The number of amides is 2. The Kier molecular flexibility index (Phi) is 12.6. The maximum atomic E-state index is 14.9. The number of rotatable bonds is 14. The molecule has 2 fully saturated rings. The molecule has 2 unspecified atom stereocenters. The minimum absolute atomic E-state index is 0.0295. The molecule has 0 saturated carbocycles. The number of aliphatic carboxylic acids is 1. The number of halogens is 5. The van der Waals surface area contributed by atoms with Crippen molar-refractivity contribution in [3.8, 4) is 11.5 Å². The third kappa shape index (κ3) is 8.91. The topological polar surface area (TPSA) is 135 Å². The first-order chi connectivity index (χ1) is 25.2. The first kappa shape index (κ1) is 39.9. The Balaban J connectivity index is 1.45. The largest absolute Gasteiger partial charge is 0.493 e. The van der Waals surface area contributed by atoms with Gasteiger partial charge in [0.15, 0.2) is 0 Å². The van der Waals surface area contributed by atoms with Crippen molar-refractivity contribution < 1.29 is 50.9 Å². The first-order valence-corrected chi connectivity index (χ1v) is 18.5. The number of hydrogen-bond donors (Lipinski definition) is 2. The summed E-state index contributed by atoms with van der Waals surface area (Å²) in [6.45, 7) is 2.49. The second-order valence-electron chi connectivity index (χ2n) is 13.4. The Bertz CT molecular complexity index is 1750. The summed E-state index contributed by atoms with van der Waals surface area (Å²) in [7, 11) is 0. The van der Waals surface area contributed by atoms with Crippen LogP contribution in [-0.2, 0) is 21.3 Å². The third-order valence-corrected chi connectivity index (χ3v) is 10.8. The van der Waals surface area contributed by atoms with E-state index in [9.17, 15) is 36.3 Å². The van der Waals surface area contributed by atoms with Crippen molar-refractivity contribution in [2.24, 2.45) is 5.73 Å². The predicted octanol–water partition coefficient (Wildman–Crippen LogP) is 7.43. The monoisotopic (exact) mass is 766 g/mol. The van der Waals surface area contributed by atoms with Crippen molar-refractivity contribution in [3.05, 3.63) is 75.7 Å². The smallest absolute Gasteiger partial charge is 0.425 e. The van der Waals surface area contributed by atoms with Crippen LogP contribution < -0.4 is 15.2 Å². The normalized spacial score (nSPS) is 20.3. The van der Waals surface area contributed by atoms with E-state index in [0.717, 1.165) is 17.7 Å². The number of unbranched alkanes of at least 4 members (excludes halogenated alkanes) is 1. The van der Waals surface area contributed by atoms with Crippen LogP contribution in [0.4, 0.5) is 22.0 Å². The summed E-state index contributed by atoms with van der Waals surface area (Å²) in [5.74, 6) is -1.88. The number of alkyl halides is 5. The van der Waals surface area contributed by atoms with E-state index >= 15 is 0 Å². The zero-order chi connectivity index (χ0) is 38.4. The number of nitrogens with two attached hydrogens (primary N) is 1. The molecule has 2 amide bonds. The molecule has 53 heavy (non-hydrogen) atoms. The molecule has 0 aliphatic carbocycles. The van der Waals surface area contributed by atoms with Gasteiger partial charge in [0.25, 0.3) is 18.2 Å². The summed E-state index contributed by atoms with van der Waals surface area (Å²) in [4.78, 5) is 45.8. The highest BCUT2D eigenvalue weighted by Gasteiger charge is 2.56. The van der Waals surface area contributed by atoms with E-state index in [1.165, 1.54) is 22.5 Å². The number of benzene rings is 1. The molecule has 10 nitrogen and oxygen atoms in total. The first-order valence-electron chi connectivity index (χ1n) is 17.6. The van der Waals surface area contributed by atoms with Gasteiger partial charge in [-0.25, -0.2) is 8.78 Å². The van der Waals surface area contributed by atoms with Crippen LogP contribution in [0.5, 0.6) is 11.5 Å². The molecule has 2 saturated heterocycles. The number of hydrogen-bond acceptors (Lipinski definition) is 8. The number of ether oxygens (including phenoxy) is 2. The molecule has 5 rings (SSSR count).